The monoisotopic (exact) mass is 338 g/mol. The second kappa shape index (κ2) is 5.52. The number of aromatic carboxylic acids is 1. The second-order valence-corrected chi connectivity index (χ2v) is 5.85. The average molecular weight is 339 g/mol. The third-order valence-electron chi connectivity index (χ3n) is 2.91. The maximum atomic E-state index is 11.4. The molecule has 106 valence electrons. The van der Waals surface area contributed by atoms with Crippen molar-refractivity contribution in [2.75, 3.05) is 0 Å². The molecule has 0 amide bonds. The first-order chi connectivity index (χ1) is 10.1. The highest BCUT2D eigenvalue weighted by atomic mass is 35.5. The van der Waals surface area contributed by atoms with Gasteiger partial charge in [0.25, 0.3) is 0 Å². The fraction of sp³-hybridized carbons (Fsp3) is 0. The molecule has 2 aromatic heterocycles. The molecule has 0 atom stereocenters. The van der Waals surface area contributed by atoms with Crippen LogP contribution in [-0.2, 0) is 0 Å². The predicted octanol–water partition coefficient (Wildman–Crippen LogP) is 4.61. The average Bonchev–Trinajstić information content (AvgIpc) is 3.09. The van der Waals surface area contributed by atoms with E-state index in [1.165, 1.54) is 22.2 Å². The van der Waals surface area contributed by atoms with E-state index in [1.54, 1.807) is 18.2 Å². The van der Waals surface area contributed by atoms with Crippen LogP contribution in [0.2, 0.25) is 10.0 Å². The molecule has 4 nitrogen and oxygen atoms in total. The molecular weight excluding hydrogens is 331 g/mol. The summed E-state index contributed by atoms with van der Waals surface area (Å²) >= 11 is 13.4. The number of benzene rings is 1. The predicted molar refractivity (Wildman–Crippen MR) is 83.9 cm³/mol. The molecule has 0 spiro atoms. The van der Waals surface area contributed by atoms with Gasteiger partial charge >= 0.3 is 5.97 Å². The van der Waals surface area contributed by atoms with E-state index in [0.29, 0.717) is 21.4 Å². The molecule has 0 fully saturated rings. The highest BCUT2D eigenvalue weighted by Crippen LogP contribution is 2.28. The van der Waals surface area contributed by atoms with E-state index in [0.717, 1.165) is 5.56 Å². The van der Waals surface area contributed by atoms with Crippen LogP contribution in [0.4, 0.5) is 0 Å². The van der Waals surface area contributed by atoms with Crippen LogP contribution in [0.1, 0.15) is 10.4 Å². The SMILES string of the molecule is O=C(O)c1cn(-c2ccc(Cl)c(Cl)c2)nc1-c1ccsc1. The smallest absolute Gasteiger partial charge is 0.339 e. The van der Waals surface area contributed by atoms with Gasteiger partial charge in [0.2, 0.25) is 0 Å². The van der Waals surface area contributed by atoms with Crippen molar-refractivity contribution in [3.05, 3.63) is 56.8 Å². The van der Waals surface area contributed by atoms with Crippen molar-refractivity contribution < 1.29 is 9.90 Å². The highest BCUT2D eigenvalue weighted by molar-refractivity contribution is 7.08. The molecule has 7 heteroatoms. The lowest BCUT2D eigenvalue weighted by molar-refractivity contribution is 0.0697. The number of carboxylic acids is 1. The van der Waals surface area contributed by atoms with Crippen molar-refractivity contribution in [2.45, 2.75) is 0 Å². The number of thiophene rings is 1. The van der Waals surface area contributed by atoms with Crippen LogP contribution in [0.3, 0.4) is 0 Å². The van der Waals surface area contributed by atoms with Crippen LogP contribution < -0.4 is 0 Å². The van der Waals surface area contributed by atoms with Crippen molar-refractivity contribution in [1.29, 1.82) is 0 Å². The molecule has 0 unspecified atom stereocenters. The van der Waals surface area contributed by atoms with E-state index < -0.39 is 5.97 Å². The number of rotatable bonds is 3. The number of hydrogen-bond donors (Lipinski definition) is 1. The van der Waals surface area contributed by atoms with Crippen LogP contribution in [0.15, 0.2) is 41.2 Å². The second-order valence-electron chi connectivity index (χ2n) is 4.25. The number of carbonyl (C=O) groups is 1. The fourth-order valence-electron chi connectivity index (χ4n) is 1.90. The van der Waals surface area contributed by atoms with Crippen molar-refractivity contribution in [3.63, 3.8) is 0 Å². The Hall–Kier alpha value is -1.82. The largest absolute Gasteiger partial charge is 0.478 e. The Balaban J connectivity index is 2.14. The normalized spacial score (nSPS) is 10.8. The Morgan fingerprint density at radius 1 is 1.24 bits per heavy atom. The zero-order chi connectivity index (χ0) is 15.0. The van der Waals surface area contributed by atoms with Crippen molar-refractivity contribution in [2.24, 2.45) is 0 Å². The molecule has 0 bridgehead atoms. The number of nitrogens with zero attached hydrogens (tertiary/aromatic N) is 2. The Labute approximate surface area is 134 Å². The quantitative estimate of drug-likeness (QED) is 0.758. The topological polar surface area (TPSA) is 55.1 Å². The third-order valence-corrected chi connectivity index (χ3v) is 4.33. The molecule has 3 aromatic rings. The van der Waals surface area contributed by atoms with Gasteiger partial charge in [-0.25, -0.2) is 9.48 Å². The Morgan fingerprint density at radius 3 is 2.67 bits per heavy atom. The molecule has 21 heavy (non-hydrogen) atoms. The molecule has 0 radical (unpaired) electrons. The van der Waals surface area contributed by atoms with Gasteiger partial charge in [-0.15, -0.1) is 0 Å². The van der Waals surface area contributed by atoms with Crippen LogP contribution in [-0.4, -0.2) is 20.9 Å². The molecule has 1 N–H and O–H groups in total. The van der Waals surface area contributed by atoms with Gasteiger partial charge < -0.3 is 5.11 Å². The zero-order valence-electron chi connectivity index (χ0n) is 10.5. The molecule has 0 aliphatic heterocycles. The minimum atomic E-state index is -1.03. The summed E-state index contributed by atoms with van der Waals surface area (Å²) in [6.07, 6.45) is 1.47. The number of hydrogen-bond acceptors (Lipinski definition) is 3. The van der Waals surface area contributed by atoms with Gasteiger partial charge in [0.05, 0.1) is 15.7 Å². The zero-order valence-corrected chi connectivity index (χ0v) is 12.8. The Morgan fingerprint density at radius 2 is 2.05 bits per heavy atom. The summed E-state index contributed by atoms with van der Waals surface area (Å²) in [6.45, 7) is 0. The molecule has 0 aliphatic carbocycles. The summed E-state index contributed by atoms with van der Waals surface area (Å²) in [5, 5.41) is 18.2. The summed E-state index contributed by atoms with van der Waals surface area (Å²) in [6, 6.07) is 6.84. The van der Waals surface area contributed by atoms with Gasteiger partial charge in [-0.3, -0.25) is 0 Å². The van der Waals surface area contributed by atoms with Gasteiger partial charge in [-0.2, -0.15) is 16.4 Å². The summed E-state index contributed by atoms with van der Waals surface area (Å²) in [7, 11) is 0. The highest BCUT2D eigenvalue weighted by Gasteiger charge is 2.18. The summed E-state index contributed by atoms with van der Waals surface area (Å²) < 4.78 is 1.48. The van der Waals surface area contributed by atoms with Gasteiger partial charge in [-0.05, 0) is 29.6 Å². The van der Waals surface area contributed by atoms with Crippen molar-refractivity contribution >= 4 is 40.5 Å². The molecule has 2 heterocycles. The molecule has 1 aromatic carbocycles. The maximum Gasteiger partial charge on any atom is 0.339 e. The maximum absolute atomic E-state index is 11.4. The third kappa shape index (κ3) is 2.68. The van der Waals surface area contributed by atoms with E-state index in [2.05, 4.69) is 5.10 Å². The van der Waals surface area contributed by atoms with Crippen molar-refractivity contribution in [3.8, 4) is 16.9 Å². The molecule has 0 aliphatic rings. The van der Waals surface area contributed by atoms with Gasteiger partial charge in [0, 0.05) is 17.1 Å². The van der Waals surface area contributed by atoms with E-state index in [9.17, 15) is 9.90 Å². The summed E-state index contributed by atoms with van der Waals surface area (Å²) in [5.41, 5.74) is 1.99. The lowest BCUT2D eigenvalue weighted by Gasteiger charge is -2.02. The van der Waals surface area contributed by atoms with Crippen LogP contribution in [0, 0.1) is 0 Å². The minimum absolute atomic E-state index is 0.138. The fourth-order valence-corrected chi connectivity index (χ4v) is 2.84. The van der Waals surface area contributed by atoms with Gasteiger partial charge in [-0.1, -0.05) is 23.2 Å². The lowest BCUT2D eigenvalue weighted by Crippen LogP contribution is -1.96. The van der Waals surface area contributed by atoms with E-state index in [-0.39, 0.29) is 5.56 Å². The van der Waals surface area contributed by atoms with E-state index in [4.69, 9.17) is 23.2 Å². The van der Waals surface area contributed by atoms with Gasteiger partial charge in [0.15, 0.2) is 0 Å². The summed E-state index contributed by atoms with van der Waals surface area (Å²) in [5.74, 6) is -1.03. The standard InChI is InChI=1S/C14H8Cl2N2O2S/c15-11-2-1-9(5-12(11)16)18-6-10(14(19)20)13(17-18)8-3-4-21-7-8/h1-7H,(H,19,20). The molecule has 3 rings (SSSR count). The van der Waals surface area contributed by atoms with E-state index in [1.807, 2.05) is 16.8 Å². The first-order valence-corrected chi connectivity index (χ1v) is 7.57. The minimum Gasteiger partial charge on any atom is -0.478 e. The number of carboxylic acid groups (broad SMARTS) is 1. The Kier molecular flexibility index (Phi) is 3.71. The number of halogens is 2. The first-order valence-electron chi connectivity index (χ1n) is 5.87. The van der Waals surface area contributed by atoms with Crippen LogP contribution >= 0.6 is 34.5 Å². The summed E-state index contributed by atoms with van der Waals surface area (Å²) in [4.78, 5) is 11.4. The van der Waals surface area contributed by atoms with Crippen LogP contribution in [0.5, 0.6) is 0 Å². The van der Waals surface area contributed by atoms with Gasteiger partial charge in [0.1, 0.15) is 11.3 Å². The number of aromatic nitrogens is 2. The van der Waals surface area contributed by atoms with Crippen molar-refractivity contribution in [1.82, 2.24) is 9.78 Å². The van der Waals surface area contributed by atoms with E-state index >= 15 is 0 Å². The molecule has 0 saturated heterocycles. The Bertz CT molecular complexity index is 813. The van der Waals surface area contributed by atoms with Crippen LogP contribution in [0.25, 0.3) is 16.9 Å². The lowest BCUT2D eigenvalue weighted by atomic mass is 10.1. The first kappa shape index (κ1) is 14.1. The molecular formula is C14H8Cl2N2O2S. The molecule has 0 saturated carbocycles.